The molecule has 20 heavy (non-hydrogen) atoms. The van der Waals surface area contributed by atoms with Gasteiger partial charge in [0.1, 0.15) is 5.82 Å². The minimum Gasteiger partial charge on any atom is -0.367 e. The van der Waals surface area contributed by atoms with Crippen LogP contribution in [0.3, 0.4) is 0 Å². The van der Waals surface area contributed by atoms with Gasteiger partial charge < -0.3 is 4.90 Å². The Morgan fingerprint density at radius 2 is 1.85 bits per heavy atom. The van der Waals surface area contributed by atoms with E-state index >= 15 is 0 Å². The van der Waals surface area contributed by atoms with Crippen molar-refractivity contribution < 1.29 is 4.39 Å². The third-order valence-corrected chi connectivity index (χ3v) is 3.32. The maximum Gasteiger partial charge on any atom is 0.128 e. The first kappa shape index (κ1) is 14.1. The van der Waals surface area contributed by atoms with Crippen LogP contribution in [0, 0.1) is 24.1 Å². The van der Waals surface area contributed by atoms with Crippen molar-refractivity contribution in [1.29, 1.82) is 5.26 Å². The molecule has 0 bridgehead atoms. The Labute approximate surface area is 119 Å². The highest BCUT2D eigenvalue weighted by Crippen LogP contribution is 2.19. The Hall–Kier alpha value is -2.34. The van der Waals surface area contributed by atoms with Crippen molar-refractivity contribution in [1.82, 2.24) is 0 Å². The lowest BCUT2D eigenvalue weighted by molar-refractivity contribution is 0.605. The second-order valence-corrected chi connectivity index (χ2v) is 4.77. The summed E-state index contributed by atoms with van der Waals surface area (Å²) >= 11 is 0. The van der Waals surface area contributed by atoms with Gasteiger partial charge in [0.15, 0.2) is 0 Å². The second kappa shape index (κ2) is 6.21. The molecule has 2 aromatic rings. The molecule has 0 amide bonds. The normalized spacial score (nSPS) is 10.1. The summed E-state index contributed by atoms with van der Waals surface area (Å²) in [4.78, 5) is 2.08. The van der Waals surface area contributed by atoms with E-state index in [-0.39, 0.29) is 5.82 Å². The van der Waals surface area contributed by atoms with Gasteiger partial charge >= 0.3 is 0 Å². The molecule has 0 atom stereocenters. The zero-order valence-corrected chi connectivity index (χ0v) is 11.7. The van der Waals surface area contributed by atoms with E-state index in [1.165, 1.54) is 17.7 Å². The molecule has 0 aromatic heterocycles. The van der Waals surface area contributed by atoms with Gasteiger partial charge in [-0.3, -0.25) is 0 Å². The van der Waals surface area contributed by atoms with Crippen molar-refractivity contribution >= 4 is 5.69 Å². The fourth-order valence-electron chi connectivity index (χ4n) is 2.11. The third-order valence-electron chi connectivity index (χ3n) is 3.32. The minimum absolute atomic E-state index is 0.269. The summed E-state index contributed by atoms with van der Waals surface area (Å²) in [6.07, 6.45) is 0. The standard InChI is InChI=1S/C17H17FN2/c1-3-20(16-7-4-13(2)5-8-16)12-15-10-14(11-19)6-9-17(15)18/h4-10H,3,12H2,1-2H3. The van der Waals surface area contributed by atoms with Gasteiger partial charge in [-0.1, -0.05) is 17.7 Å². The lowest BCUT2D eigenvalue weighted by Crippen LogP contribution is -2.22. The number of benzene rings is 2. The molecule has 0 saturated heterocycles. The predicted molar refractivity (Wildman–Crippen MR) is 79.0 cm³/mol. The summed E-state index contributed by atoms with van der Waals surface area (Å²) < 4.78 is 13.8. The van der Waals surface area contributed by atoms with Crippen molar-refractivity contribution in [2.75, 3.05) is 11.4 Å². The van der Waals surface area contributed by atoms with E-state index in [1.807, 2.05) is 44.2 Å². The molecule has 0 heterocycles. The van der Waals surface area contributed by atoms with Gasteiger partial charge in [0.05, 0.1) is 11.6 Å². The van der Waals surface area contributed by atoms with Crippen molar-refractivity contribution in [2.45, 2.75) is 20.4 Å². The van der Waals surface area contributed by atoms with Gasteiger partial charge in [0.25, 0.3) is 0 Å². The molecule has 0 aliphatic rings. The summed E-state index contributed by atoms with van der Waals surface area (Å²) in [7, 11) is 0. The van der Waals surface area contributed by atoms with E-state index in [0.29, 0.717) is 17.7 Å². The molecule has 0 N–H and O–H groups in total. The first-order valence-corrected chi connectivity index (χ1v) is 6.64. The maximum absolute atomic E-state index is 13.8. The largest absolute Gasteiger partial charge is 0.367 e. The monoisotopic (exact) mass is 268 g/mol. The lowest BCUT2D eigenvalue weighted by Gasteiger charge is -2.23. The number of aryl methyl sites for hydroxylation is 1. The molecule has 0 aliphatic carbocycles. The molecular weight excluding hydrogens is 251 g/mol. The average Bonchev–Trinajstić information content (AvgIpc) is 2.47. The molecular formula is C17H17FN2. The zero-order valence-electron chi connectivity index (χ0n) is 11.7. The molecule has 0 saturated carbocycles. The SMILES string of the molecule is CCN(Cc1cc(C#N)ccc1F)c1ccc(C)cc1. The van der Waals surface area contributed by atoms with E-state index < -0.39 is 0 Å². The molecule has 2 aromatic carbocycles. The Balaban J connectivity index is 2.26. The fourth-order valence-corrected chi connectivity index (χ4v) is 2.11. The van der Waals surface area contributed by atoms with Crippen LogP contribution < -0.4 is 4.90 Å². The van der Waals surface area contributed by atoms with Gasteiger partial charge in [-0.25, -0.2) is 4.39 Å². The van der Waals surface area contributed by atoms with Crippen LogP contribution in [0.25, 0.3) is 0 Å². The summed E-state index contributed by atoms with van der Waals surface area (Å²) in [5.74, 6) is -0.269. The van der Waals surface area contributed by atoms with Crippen LogP contribution in [0.2, 0.25) is 0 Å². The van der Waals surface area contributed by atoms with Gasteiger partial charge in [0.2, 0.25) is 0 Å². The highest BCUT2D eigenvalue weighted by molar-refractivity contribution is 5.48. The van der Waals surface area contributed by atoms with Crippen LogP contribution in [0.15, 0.2) is 42.5 Å². The Bertz CT molecular complexity index is 626. The molecule has 102 valence electrons. The number of nitriles is 1. The first-order valence-electron chi connectivity index (χ1n) is 6.64. The topological polar surface area (TPSA) is 27.0 Å². The second-order valence-electron chi connectivity index (χ2n) is 4.77. The summed E-state index contributed by atoms with van der Waals surface area (Å²) in [5, 5.41) is 8.91. The summed E-state index contributed by atoms with van der Waals surface area (Å²) in [5.41, 5.74) is 3.29. The van der Waals surface area contributed by atoms with Crippen LogP contribution in [0.1, 0.15) is 23.6 Å². The molecule has 2 nitrogen and oxygen atoms in total. The highest BCUT2D eigenvalue weighted by atomic mass is 19.1. The van der Waals surface area contributed by atoms with Crippen molar-refractivity contribution in [3.05, 3.63) is 65.0 Å². The Morgan fingerprint density at radius 1 is 1.15 bits per heavy atom. The molecule has 0 spiro atoms. The van der Waals surface area contributed by atoms with Crippen molar-refractivity contribution in [3.63, 3.8) is 0 Å². The van der Waals surface area contributed by atoms with Crippen LogP contribution in [-0.2, 0) is 6.54 Å². The smallest absolute Gasteiger partial charge is 0.128 e. The van der Waals surface area contributed by atoms with E-state index in [0.717, 1.165) is 12.2 Å². The van der Waals surface area contributed by atoms with Crippen molar-refractivity contribution in [2.24, 2.45) is 0 Å². The molecule has 2 rings (SSSR count). The number of hydrogen-bond donors (Lipinski definition) is 0. The van der Waals surface area contributed by atoms with Crippen molar-refractivity contribution in [3.8, 4) is 6.07 Å². The van der Waals surface area contributed by atoms with Crippen LogP contribution in [-0.4, -0.2) is 6.54 Å². The number of hydrogen-bond acceptors (Lipinski definition) is 2. The molecule has 0 radical (unpaired) electrons. The number of rotatable bonds is 4. The minimum atomic E-state index is -0.269. The highest BCUT2D eigenvalue weighted by Gasteiger charge is 2.09. The lowest BCUT2D eigenvalue weighted by atomic mass is 10.1. The zero-order chi connectivity index (χ0) is 14.5. The van der Waals surface area contributed by atoms with E-state index in [4.69, 9.17) is 5.26 Å². The molecule has 0 fully saturated rings. The Morgan fingerprint density at radius 3 is 2.45 bits per heavy atom. The number of halogens is 1. The maximum atomic E-state index is 13.8. The summed E-state index contributed by atoms with van der Waals surface area (Å²) in [6.45, 7) is 5.31. The quantitative estimate of drug-likeness (QED) is 0.837. The third kappa shape index (κ3) is 3.16. The van der Waals surface area contributed by atoms with Gasteiger partial charge in [-0.05, 0) is 44.2 Å². The van der Waals surface area contributed by atoms with Gasteiger partial charge in [-0.15, -0.1) is 0 Å². The number of anilines is 1. The number of nitrogens with zero attached hydrogens (tertiary/aromatic N) is 2. The Kier molecular flexibility index (Phi) is 4.37. The first-order chi connectivity index (χ1) is 9.63. The van der Waals surface area contributed by atoms with Crippen LogP contribution >= 0.6 is 0 Å². The molecule has 3 heteroatoms. The molecule has 0 unspecified atom stereocenters. The predicted octanol–water partition coefficient (Wildman–Crippen LogP) is 4.03. The van der Waals surface area contributed by atoms with Gasteiger partial charge in [-0.2, -0.15) is 5.26 Å². The van der Waals surface area contributed by atoms with Crippen LogP contribution in [0.5, 0.6) is 0 Å². The van der Waals surface area contributed by atoms with E-state index in [2.05, 4.69) is 4.90 Å². The average molecular weight is 268 g/mol. The molecule has 0 aliphatic heterocycles. The fraction of sp³-hybridized carbons (Fsp3) is 0.235. The van der Waals surface area contributed by atoms with E-state index in [1.54, 1.807) is 6.07 Å². The van der Waals surface area contributed by atoms with Crippen LogP contribution in [0.4, 0.5) is 10.1 Å². The van der Waals surface area contributed by atoms with Gasteiger partial charge in [0, 0.05) is 24.3 Å². The van der Waals surface area contributed by atoms with E-state index in [9.17, 15) is 4.39 Å². The summed E-state index contributed by atoms with van der Waals surface area (Å²) in [6, 6.07) is 14.7.